The quantitative estimate of drug-likeness (QED) is 0.801. The van der Waals surface area contributed by atoms with E-state index >= 15 is 0 Å². The van der Waals surface area contributed by atoms with Gasteiger partial charge in [0.2, 0.25) is 6.79 Å². The van der Waals surface area contributed by atoms with Crippen LogP contribution in [0.25, 0.3) is 0 Å². The lowest BCUT2D eigenvalue weighted by molar-refractivity contribution is 0.00574. The van der Waals surface area contributed by atoms with Gasteiger partial charge >= 0.3 is 6.03 Å². The van der Waals surface area contributed by atoms with Crippen molar-refractivity contribution in [3.63, 3.8) is 0 Å². The maximum absolute atomic E-state index is 13.2. The summed E-state index contributed by atoms with van der Waals surface area (Å²) < 4.78 is 11.3. The van der Waals surface area contributed by atoms with Gasteiger partial charge in [0.05, 0.1) is 0 Å². The number of benzene rings is 2. The fourth-order valence-electron chi connectivity index (χ4n) is 6.15. The molecule has 0 aromatic heterocycles. The van der Waals surface area contributed by atoms with E-state index in [0.29, 0.717) is 31.3 Å². The van der Waals surface area contributed by atoms with E-state index in [2.05, 4.69) is 51.5 Å². The van der Waals surface area contributed by atoms with Gasteiger partial charge in [-0.15, -0.1) is 0 Å². The van der Waals surface area contributed by atoms with Crippen molar-refractivity contribution < 1.29 is 14.3 Å². The van der Waals surface area contributed by atoms with Gasteiger partial charge in [0.25, 0.3) is 0 Å². The molecule has 0 aliphatic carbocycles. The van der Waals surface area contributed by atoms with Crippen molar-refractivity contribution in [1.29, 1.82) is 0 Å². The first-order valence-electron chi connectivity index (χ1n) is 12.0. The van der Waals surface area contributed by atoms with Crippen molar-refractivity contribution in [2.45, 2.75) is 44.2 Å². The van der Waals surface area contributed by atoms with Crippen LogP contribution in [0.2, 0.25) is 0 Å². The van der Waals surface area contributed by atoms with Crippen LogP contribution in [0, 0.1) is 5.92 Å². The molecule has 0 spiro atoms. The number of carbonyl (C=O) groups is 1. The van der Waals surface area contributed by atoms with Crippen molar-refractivity contribution in [3.8, 4) is 11.5 Å². The maximum atomic E-state index is 13.2. The molecule has 4 heterocycles. The summed E-state index contributed by atoms with van der Waals surface area (Å²) >= 11 is 0. The number of fused-ring (bicyclic) bond motifs is 5. The van der Waals surface area contributed by atoms with Crippen LogP contribution < -0.4 is 14.8 Å². The first kappa shape index (κ1) is 19.9. The molecule has 2 aromatic carbocycles. The fraction of sp³-hybridized carbons (Fsp3) is 0.500. The first-order chi connectivity index (χ1) is 15.8. The van der Waals surface area contributed by atoms with Gasteiger partial charge in [-0.2, -0.15) is 0 Å². The second kappa shape index (κ2) is 8.32. The van der Waals surface area contributed by atoms with Crippen LogP contribution in [0.1, 0.15) is 42.0 Å². The summed E-state index contributed by atoms with van der Waals surface area (Å²) in [5.74, 6) is 2.31. The summed E-state index contributed by atoms with van der Waals surface area (Å²) in [6, 6.07) is 15.5. The lowest BCUT2D eigenvalue weighted by Crippen LogP contribution is -2.59. The van der Waals surface area contributed by atoms with Crippen LogP contribution in [-0.4, -0.2) is 54.8 Å². The van der Waals surface area contributed by atoms with E-state index in [-0.39, 0.29) is 6.03 Å². The molecule has 0 saturated carbocycles. The Bertz CT molecular complexity index is 995. The highest BCUT2D eigenvalue weighted by molar-refractivity contribution is 5.74. The standard InChI is InChI=1S/C26H31N3O3/c30-26(27-10-8-18-5-2-1-3-6-18)29-11-4-7-20-16-28-12-9-19-13-24-25(32-17-31-24)14-21(19)23(28)15-22(20)29/h1-3,5-6,13-14,20,22-23H,4,7-12,15-17H2,(H,27,30)/t20-,22+,23+/m1/s1. The van der Waals surface area contributed by atoms with Crippen molar-refractivity contribution in [1.82, 2.24) is 15.1 Å². The Morgan fingerprint density at radius 2 is 1.94 bits per heavy atom. The average molecular weight is 434 g/mol. The molecular weight excluding hydrogens is 402 g/mol. The molecule has 0 unspecified atom stereocenters. The molecule has 3 atom stereocenters. The zero-order valence-corrected chi connectivity index (χ0v) is 18.5. The average Bonchev–Trinajstić information content (AvgIpc) is 3.29. The fourth-order valence-corrected chi connectivity index (χ4v) is 6.15. The predicted octanol–water partition coefficient (Wildman–Crippen LogP) is 3.75. The van der Waals surface area contributed by atoms with E-state index in [1.54, 1.807) is 0 Å². The second-order valence-electron chi connectivity index (χ2n) is 9.53. The number of hydrogen-bond acceptors (Lipinski definition) is 4. The van der Waals surface area contributed by atoms with Crippen LogP contribution in [0.3, 0.4) is 0 Å². The third-order valence-electron chi connectivity index (χ3n) is 7.75. The van der Waals surface area contributed by atoms with Gasteiger partial charge in [-0.05, 0) is 66.8 Å². The minimum absolute atomic E-state index is 0.103. The number of rotatable bonds is 3. The van der Waals surface area contributed by atoms with E-state index in [4.69, 9.17) is 9.47 Å². The second-order valence-corrected chi connectivity index (χ2v) is 9.53. The molecule has 6 nitrogen and oxygen atoms in total. The SMILES string of the molecule is O=C(NCCc1ccccc1)N1CCC[C@@H]2CN3CCc4cc5c(cc4[C@@H]3C[C@@H]21)OCO5. The molecule has 2 saturated heterocycles. The molecule has 4 aliphatic rings. The van der Waals surface area contributed by atoms with Crippen molar-refractivity contribution in [2.24, 2.45) is 5.92 Å². The van der Waals surface area contributed by atoms with Crippen LogP contribution in [0.15, 0.2) is 42.5 Å². The number of amides is 2. The molecule has 6 rings (SSSR count). The molecule has 32 heavy (non-hydrogen) atoms. The Labute approximate surface area is 189 Å². The van der Waals surface area contributed by atoms with E-state index in [1.165, 1.54) is 23.1 Å². The van der Waals surface area contributed by atoms with Gasteiger partial charge < -0.3 is 19.7 Å². The molecule has 1 N–H and O–H groups in total. The monoisotopic (exact) mass is 433 g/mol. The number of urea groups is 1. The number of nitrogens with one attached hydrogen (secondary N) is 1. The summed E-state index contributed by atoms with van der Waals surface area (Å²) in [7, 11) is 0. The van der Waals surface area contributed by atoms with Crippen molar-refractivity contribution in [3.05, 3.63) is 59.2 Å². The largest absolute Gasteiger partial charge is 0.454 e. The highest BCUT2D eigenvalue weighted by Gasteiger charge is 2.44. The van der Waals surface area contributed by atoms with Crippen LogP contribution in [-0.2, 0) is 12.8 Å². The Balaban J connectivity index is 1.17. The molecular formula is C26H31N3O3. The Hall–Kier alpha value is -2.73. The van der Waals surface area contributed by atoms with Crippen molar-refractivity contribution in [2.75, 3.05) is 33.0 Å². The molecule has 0 bridgehead atoms. The number of hydrogen-bond donors (Lipinski definition) is 1. The predicted molar refractivity (Wildman–Crippen MR) is 122 cm³/mol. The zero-order chi connectivity index (χ0) is 21.5. The zero-order valence-electron chi connectivity index (χ0n) is 18.5. The van der Waals surface area contributed by atoms with Gasteiger partial charge in [-0.1, -0.05) is 30.3 Å². The molecule has 4 aliphatic heterocycles. The van der Waals surface area contributed by atoms with E-state index in [1.807, 2.05) is 6.07 Å². The number of piperidine rings is 2. The number of carbonyl (C=O) groups excluding carboxylic acids is 1. The topological polar surface area (TPSA) is 54.0 Å². The number of ether oxygens (including phenoxy) is 2. The maximum Gasteiger partial charge on any atom is 0.317 e. The molecule has 168 valence electrons. The number of nitrogens with zero attached hydrogens (tertiary/aromatic N) is 2. The Morgan fingerprint density at radius 1 is 1.09 bits per heavy atom. The van der Waals surface area contributed by atoms with E-state index in [0.717, 1.165) is 56.8 Å². The van der Waals surface area contributed by atoms with Crippen LogP contribution in [0.4, 0.5) is 4.79 Å². The minimum Gasteiger partial charge on any atom is -0.454 e. The van der Waals surface area contributed by atoms with E-state index < -0.39 is 0 Å². The summed E-state index contributed by atoms with van der Waals surface area (Å²) in [6.45, 7) is 4.02. The highest BCUT2D eigenvalue weighted by Crippen LogP contribution is 2.46. The van der Waals surface area contributed by atoms with Crippen LogP contribution in [0.5, 0.6) is 11.5 Å². The molecule has 2 aromatic rings. The molecule has 2 fully saturated rings. The molecule has 2 amide bonds. The normalized spacial score (nSPS) is 26.1. The first-order valence-corrected chi connectivity index (χ1v) is 12.0. The minimum atomic E-state index is 0.103. The smallest absolute Gasteiger partial charge is 0.317 e. The number of likely N-dealkylation sites (tertiary alicyclic amines) is 1. The molecule has 0 radical (unpaired) electrons. The van der Waals surface area contributed by atoms with Crippen LogP contribution >= 0.6 is 0 Å². The summed E-state index contributed by atoms with van der Waals surface area (Å²) in [6.07, 6.45) is 5.25. The Kier molecular flexibility index (Phi) is 5.18. The van der Waals surface area contributed by atoms with Gasteiger partial charge in [0.15, 0.2) is 11.5 Å². The van der Waals surface area contributed by atoms with Gasteiger partial charge in [0.1, 0.15) is 0 Å². The lowest BCUT2D eigenvalue weighted by Gasteiger charge is -2.52. The van der Waals surface area contributed by atoms with E-state index in [9.17, 15) is 4.79 Å². The Morgan fingerprint density at radius 3 is 2.81 bits per heavy atom. The summed E-state index contributed by atoms with van der Waals surface area (Å²) in [5, 5.41) is 3.20. The summed E-state index contributed by atoms with van der Waals surface area (Å²) in [4.78, 5) is 17.9. The van der Waals surface area contributed by atoms with Gasteiger partial charge in [-0.3, -0.25) is 4.90 Å². The highest BCUT2D eigenvalue weighted by atomic mass is 16.7. The third-order valence-corrected chi connectivity index (χ3v) is 7.75. The van der Waals surface area contributed by atoms with Gasteiger partial charge in [-0.25, -0.2) is 4.79 Å². The molecule has 6 heteroatoms. The summed E-state index contributed by atoms with van der Waals surface area (Å²) in [5.41, 5.74) is 4.01. The lowest BCUT2D eigenvalue weighted by atomic mass is 9.76. The van der Waals surface area contributed by atoms with Gasteiger partial charge in [0, 0.05) is 38.3 Å². The third kappa shape index (κ3) is 3.60. The van der Waals surface area contributed by atoms with Crippen molar-refractivity contribution >= 4 is 6.03 Å².